The highest BCUT2D eigenvalue weighted by Gasteiger charge is 2.38. The van der Waals surface area contributed by atoms with Gasteiger partial charge in [0.1, 0.15) is 23.7 Å². The van der Waals surface area contributed by atoms with Crippen LogP contribution in [0.5, 0.6) is 11.8 Å². The first-order valence-corrected chi connectivity index (χ1v) is 19.7. The van der Waals surface area contributed by atoms with Crippen LogP contribution in [0.3, 0.4) is 0 Å². The molecule has 61 heavy (non-hydrogen) atoms. The molecule has 1 aromatic heterocycles. The number of aromatic amines is 1. The number of likely N-dealkylation sites (tertiary alicyclic amines) is 1. The van der Waals surface area contributed by atoms with Crippen molar-refractivity contribution in [2.24, 2.45) is 0 Å². The van der Waals surface area contributed by atoms with E-state index in [-0.39, 0.29) is 46.4 Å². The molecule has 2 heterocycles. The molecule has 308 valence electrons. The molecular formula is C48H38F4N4O5. The second-order valence-electron chi connectivity index (χ2n) is 15.3. The topological polar surface area (TPSA) is 108 Å². The first-order chi connectivity index (χ1) is 29.5. The predicted molar refractivity (Wildman–Crippen MR) is 222 cm³/mol. The second kappa shape index (κ2) is 16.2. The number of aryl methyl sites for hydroxylation is 1. The first-order valence-electron chi connectivity index (χ1n) is 19.7. The number of H-pyrrole nitrogens is 1. The van der Waals surface area contributed by atoms with E-state index in [1.165, 1.54) is 6.07 Å². The van der Waals surface area contributed by atoms with Gasteiger partial charge in [-0.15, -0.1) is 0 Å². The summed E-state index contributed by atoms with van der Waals surface area (Å²) in [6, 6.07) is 35.6. The number of alkyl halides is 2. The van der Waals surface area contributed by atoms with Gasteiger partial charge in [0.25, 0.3) is 12.4 Å². The van der Waals surface area contributed by atoms with Gasteiger partial charge in [0, 0.05) is 31.6 Å². The number of nitrogens with zero attached hydrogens (tertiary/aromatic N) is 3. The van der Waals surface area contributed by atoms with Gasteiger partial charge in [0.2, 0.25) is 0 Å². The number of amides is 1. The highest BCUT2D eigenvalue weighted by atomic mass is 19.3. The summed E-state index contributed by atoms with van der Waals surface area (Å²) in [5, 5.41) is 9.43. The number of carbonyl (C=O) groups excluding carboxylic acids is 1. The number of benzene rings is 6. The van der Waals surface area contributed by atoms with Crippen molar-refractivity contribution in [1.82, 2.24) is 19.8 Å². The number of hydrogen-bond donors (Lipinski definition) is 2. The molecule has 0 bridgehead atoms. The fraction of sp³-hybridized carbons (Fsp3) is 0.188. The molecule has 0 radical (unpaired) electrons. The Morgan fingerprint density at radius 1 is 0.852 bits per heavy atom. The van der Waals surface area contributed by atoms with E-state index in [2.05, 4.69) is 14.9 Å². The normalized spacial score (nSPS) is 13.9. The summed E-state index contributed by atoms with van der Waals surface area (Å²) < 4.78 is 70.0. The zero-order valence-corrected chi connectivity index (χ0v) is 32.7. The van der Waals surface area contributed by atoms with E-state index in [0.717, 1.165) is 49.9 Å². The van der Waals surface area contributed by atoms with Crippen molar-refractivity contribution in [3.63, 3.8) is 0 Å². The van der Waals surface area contributed by atoms with E-state index < -0.39 is 42.7 Å². The summed E-state index contributed by atoms with van der Waals surface area (Å²) in [5.41, 5.74) is 7.53. The summed E-state index contributed by atoms with van der Waals surface area (Å²) in [7, 11) is 0. The summed E-state index contributed by atoms with van der Waals surface area (Å²) in [6.45, 7) is 2.40. The van der Waals surface area contributed by atoms with Crippen LogP contribution < -0.4 is 4.74 Å². The summed E-state index contributed by atoms with van der Waals surface area (Å²) in [4.78, 5) is 35.0. The van der Waals surface area contributed by atoms with E-state index in [0.29, 0.717) is 30.8 Å². The van der Waals surface area contributed by atoms with Gasteiger partial charge in [-0.05, 0) is 69.1 Å². The van der Waals surface area contributed by atoms with Gasteiger partial charge in [0.05, 0.1) is 29.2 Å². The zero-order valence-electron chi connectivity index (χ0n) is 32.7. The lowest BCUT2D eigenvalue weighted by atomic mass is 9.98. The van der Waals surface area contributed by atoms with Crippen molar-refractivity contribution in [2.45, 2.75) is 31.9 Å². The highest BCUT2D eigenvalue weighted by molar-refractivity contribution is 5.90. The molecule has 1 fully saturated rings. The second-order valence-corrected chi connectivity index (χ2v) is 15.3. The average molecular weight is 827 g/mol. The number of nitrogens with one attached hydrogen (secondary N) is 1. The summed E-state index contributed by atoms with van der Waals surface area (Å²) >= 11 is 0. The molecule has 1 saturated heterocycles. The molecular weight excluding hydrogens is 789 g/mol. The third-order valence-electron chi connectivity index (χ3n) is 11.5. The minimum Gasteiger partial charge on any atom is -0.478 e. The molecule has 9 rings (SSSR count). The Kier molecular flexibility index (Phi) is 10.5. The van der Waals surface area contributed by atoms with Gasteiger partial charge >= 0.3 is 12.1 Å². The Balaban J connectivity index is 0.818. The van der Waals surface area contributed by atoms with Gasteiger partial charge in [-0.1, -0.05) is 103 Å². The number of ether oxygens (including phenoxy) is 2. The maximum atomic E-state index is 15.8. The molecule has 2 aliphatic rings. The molecule has 0 spiro atoms. The molecule has 1 aliphatic carbocycles. The highest BCUT2D eigenvalue weighted by Crippen LogP contribution is 2.44. The minimum atomic E-state index is -2.70. The maximum absolute atomic E-state index is 15.8. The first kappa shape index (κ1) is 39.5. The van der Waals surface area contributed by atoms with Crippen molar-refractivity contribution in [3.8, 4) is 45.1 Å². The van der Waals surface area contributed by atoms with Crippen molar-refractivity contribution in [3.05, 3.63) is 161 Å². The van der Waals surface area contributed by atoms with Crippen LogP contribution in [0.25, 0.3) is 44.4 Å². The maximum Gasteiger partial charge on any atom is 0.410 e. The largest absolute Gasteiger partial charge is 0.478 e. The molecule has 7 aromatic rings. The molecule has 1 aliphatic heterocycles. The van der Waals surface area contributed by atoms with Crippen LogP contribution in [-0.4, -0.2) is 75.6 Å². The predicted octanol–water partition coefficient (Wildman–Crippen LogP) is 10.7. The molecule has 2 N–H and O–H groups in total. The van der Waals surface area contributed by atoms with Gasteiger partial charge in [-0.3, -0.25) is 9.80 Å². The third-order valence-corrected chi connectivity index (χ3v) is 11.5. The molecule has 0 unspecified atom stereocenters. The fourth-order valence-corrected chi connectivity index (χ4v) is 8.33. The van der Waals surface area contributed by atoms with Gasteiger partial charge in [-0.25, -0.2) is 27.2 Å². The Hall–Kier alpha value is -6.99. The lowest BCUT2D eigenvalue weighted by Crippen LogP contribution is -2.61. The Morgan fingerprint density at radius 2 is 1.48 bits per heavy atom. The van der Waals surface area contributed by atoms with Crippen molar-refractivity contribution in [2.75, 3.05) is 26.2 Å². The lowest BCUT2D eigenvalue weighted by molar-refractivity contribution is -0.00838. The van der Waals surface area contributed by atoms with Crippen LogP contribution in [0.15, 0.2) is 121 Å². The zero-order chi connectivity index (χ0) is 42.4. The summed E-state index contributed by atoms with van der Waals surface area (Å²) in [6.07, 6.45) is -3.45. The Labute approximate surface area is 347 Å². The fourth-order valence-electron chi connectivity index (χ4n) is 8.33. The van der Waals surface area contributed by atoms with E-state index in [4.69, 9.17) is 9.47 Å². The van der Waals surface area contributed by atoms with Crippen molar-refractivity contribution in [1.29, 1.82) is 0 Å². The van der Waals surface area contributed by atoms with Gasteiger partial charge < -0.3 is 19.6 Å². The number of hydrogen-bond acceptors (Lipinski definition) is 6. The van der Waals surface area contributed by atoms with Crippen LogP contribution in [0.4, 0.5) is 22.4 Å². The number of aromatic carboxylic acids is 1. The van der Waals surface area contributed by atoms with E-state index in [1.54, 1.807) is 43.3 Å². The van der Waals surface area contributed by atoms with Crippen LogP contribution in [-0.2, 0) is 11.3 Å². The quantitative estimate of drug-likeness (QED) is 0.118. The van der Waals surface area contributed by atoms with E-state index in [9.17, 15) is 23.5 Å². The van der Waals surface area contributed by atoms with Crippen LogP contribution in [0.2, 0.25) is 0 Å². The van der Waals surface area contributed by atoms with E-state index >= 15 is 8.78 Å². The van der Waals surface area contributed by atoms with Crippen LogP contribution in [0, 0.1) is 18.6 Å². The van der Waals surface area contributed by atoms with Crippen molar-refractivity contribution < 1.29 is 41.7 Å². The minimum absolute atomic E-state index is 0.0434. The molecule has 0 atom stereocenters. The molecule has 13 heteroatoms. The van der Waals surface area contributed by atoms with Crippen LogP contribution in [0.1, 0.15) is 38.5 Å². The Bertz CT molecular complexity index is 2740. The number of imidazole rings is 1. The standard InChI is InChI=1S/C48H38F4N4O5/c1-27-10-19-33(20-38(27)46(57)58)61-47-53-41-21-40(49)43(44(52)45(41)54-47)31-17-15-30(16-18-31)29-13-11-28(12-14-29)22-55-23-32(24-55)56(25-42(50)51)48(59)60-26-39-36-8-4-2-6-34(36)35-7-3-5-9-37(35)39/h2-21,32,39,42H,22-26H2,1H3,(H,53,54)(H,57,58). The number of halogens is 4. The number of aromatic nitrogens is 2. The van der Waals surface area contributed by atoms with E-state index in [1.807, 2.05) is 72.8 Å². The SMILES string of the molecule is Cc1ccc(Oc2nc3c(F)c(-c4ccc(-c5ccc(CN6CC(N(CC(F)F)C(=O)OCC7c8ccccc8-c8ccccc87)C6)cc5)cc4)c(F)cc3[nH]2)cc1C(=O)O. The smallest absolute Gasteiger partial charge is 0.410 e. The number of carboxylic acids is 1. The lowest BCUT2D eigenvalue weighted by Gasteiger charge is -2.44. The number of carbonyl (C=O) groups is 2. The molecule has 9 nitrogen and oxygen atoms in total. The number of rotatable bonds is 12. The van der Waals surface area contributed by atoms with Crippen LogP contribution >= 0.6 is 0 Å². The van der Waals surface area contributed by atoms with Crippen molar-refractivity contribution >= 4 is 23.1 Å². The number of fused-ring (bicyclic) bond motifs is 4. The molecule has 6 aromatic carbocycles. The molecule has 1 amide bonds. The monoisotopic (exact) mass is 826 g/mol. The Morgan fingerprint density at radius 3 is 2.11 bits per heavy atom. The third kappa shape index (κ3) is 7.80. The summed E-state index contributed by atoms with van der Waals surface area (Å²) in [5.74, 6) is -2.81. The molecule has 0 saturated carbocycles. The van der Waals surface area contributed by atoms with Gasteiger partial charge in [0.15, 0.2) is 5.82 Å². The van der Waals surface area contributed by atoms with Gasteiger partial charge in [-0.2, -0.15) is 4.98 Å². The number of carboxylic acid groups (broad SMARTS) is 1. The average Bonchev–Trinajstić information content (AvgIpc) is 3.79.